The highest BCUT2D eigenvalue weighted by Gasteiger charge is 2.21. The third-order valence-electron chi connectivity index (χ3n) is 3.28. The number of anilines is 1. The van der Waals surface area contributed by atoms with Crippen LogP contribution in [0.2, 0.25) is 0 Å². The minimum absolute atomic E-state index is 0.164. The van der Waals surface area contributed by atoms with Crippen molar-refractivity contribution in [1.29, 1.82) is 0 Å². The van der Waals surface area contributed by atoms with Crippen LogP contribution in [0.25, 0.3) is 0 Å². The molecule has 0 saturated carbocycles. The van der Waals surface area contributed by atoms with Crippen LogP contribution in [0.4, 0.5) is 10.1 Å². The van der Waals surface area contributed by atoms with E-state index in [2.05, 4.69) is 4.90 Å². The third kappa shape index (κ3) is 2.82. The molecular formula is C14H21FN2O. The molecule has 1 aromatic carbocycles. The summed E-state index contributed by atoms with van der Waals surface area (Å²) in [5.74, 6) is -0.222. The van der Waals surface area contributed by atoms with E-state index in [-0.39, 0.29) is 18.0 Å². The minimum atomic E-state index is -0.305. The maximum absolute atomic E-state index is 13.9. The molecule has 0 bridgehead atoms. The van der Waals surface area contributed by atoms with Gasteiger partial charge in [0.25, 0.3) is 0 Å². The van der Waals surface area contributed by atoms with E-state index in [1.165, 1.54) is 6.07 Å². The molecule has 1 aliphatic rings. The Labute approximate surface area is 108 Å². The van der Waals surface area contributed by atoms with Gasteiger partial charge in [0.15, 0.2) is 0 Å². The van der Waals surface area contributed by atoms with Gasteiger partial charge in [-0.2, -0.15) is 0 Å². The Morgan fingerprint density at radius 1 is 1.50 bits per heavy atom. The molecule has 0 spiro atoms. The molecular weight excluding hydrogens is 231 g/mol. The monoisotopic (exact) mass is 252 g/mol. The van der Waals surface area contributed by atoms with Gasteiger partial charge in [0.1, 0.15) is 5.82 Å². The molecule has 1 aromatic rings. The fourth-order valence-corrected chi connectivity index (χ4v) is 2.47. The molecule has 18 heavy (non-hydrogen) atoms. The van der Waals surface area contributed by atoms with Gasteiger partial charge in [0.2, 0.25) is 0 Å². The van der Waals surface area contributed by atoms with Crippen LogP contribution >= 0.6 is 0 Å². The van der Waals surface area contributed by atoms with Crippen molar-refractivity contribution in [2.24, 2.45) is 5.73 Å². The number of hydrogen-bond donors (Lipinski definition) is 1. The summed E-state index contributed by atoms with van der Waals surface area (Å²) in [5.41, 5.74) is 7.41. The lowest BCUT2D eigenvalue weighted by molar-refractivity contribution is 0.0820. The Bertz CT molecular complexity index is 409. The molecule has 4 heteroatoms. The second-order valence-corrected chi connectivity index (χ2v) is 4.94. The normalized spacial score (nSPS) is 22.7. The number of hydrogen-bond acceptors (Lipinski definition) is 3. The lowest BCUT2D eigenvalue weighted by Gasteiger charge is -2.28. The zero-order valence-electron chi connectivity index (χ0n) is 11.0. The molecule has 1 heterocycles. The fourth-order valence-electron chi connectivity index (χ4n) is 2.47. The standard InChI is InChI=1S/C14H21FN2O/c1-10-9-17(7-4-8-18-10)13-6-3-5-12(15)14(13)11(2)16/h3,5-6,10-11H,4,7-9,16H2,1-2H3. The number of nitrogens with two attached hydrogens (primary N) is 1. The average molecular weight is 252 g/mol. The molecule has 0 amide bonds. The molecule has 0 aliphatic carbocycles. The van der Waals surface area contributed by atoms with Gasteiger partial charge in [0.05, 0.1) is 6.10 Å². The van der Waals surface area contributed by atoms with Crippen molar-refractivity contribution in [1.82, 2.24) is 0 Å². The van der Waals surface area contributed by atoms with E-state index in [1.54, 1.807) is 6.07 Å². The van der Waals surface area contributed by atoms with Crippen molar-refractivity contribution >= 4 is 5.69 Å². The molecule has 1 saturated heterocycles. The van der Waals surface area contributed by atoms with Gasteiger partial charge in [-0.15, -0.1) is 0 Å². The van der Waals surface area contributed by atoms with Crippen LogP contribution < -0.4 is 10.6 Å². The topological polar surface area (TPSA) is 38.5 Å². The predicted octanol–water partition coefficient (Wildman–Crippen LogP) is 2.46. The Hall–Kier alpha value is -1.13. The summed E-state index contributed by atoms with van der Waals surface area (Å²) >= 11 is 0. The van der Waals surface area contributed by atoms with Crippen molar-refractivity contribution in [3.8, 4) is 0 Å². The first kappa shape index (κ1) is 13.3. The number of benzene rings is 1. The quantitative estimate of drug-likeness (QED) is 0.878. The lowest BCUT2D eigenvalue weighted by Crippen LogP contribution is -2.31. The predicted molar refractivity (Wildman–Crippen MR) is 71.2 cm³/mol. The zero-order valence-corrected chi connectivity index (χ0v) is 11.0. The largest absolute Gasteiger partial charge is 0.377 e. The maximum atomic E-state index is 13.9. The van der Waals surface area contributed by atoms with Gasteiger partial charge in [-0.25, -0.2) is 4.39 Å². The van der Waals surface area contributed by atoms with Gasteiger partial charge in [0, 0.05) is 37.0 Å². The highest BCUT2D eigenvalue weighted by Crippen LogP contribution is 2.29. The Morgan fingerprint density at radius 2 is 2.28 bits per heavy atom. The van der Waals surface area contributed by atoms with Crippen molar-refractivity contribution in [3.05, 3.63) is 29.6 Å². The minimum Gasteiger partial charge on any atom is -0.377 e. The smallest absolute Gasteiger partial charge is 0.130 e. The second kappa shape index (κ2) is 5.67. The zero-order chi connectivity index (χ0) is 13.1. The molecule has 1 fully saturated rings. The van der Waals surface area contributed by atoms with Crippen LogP contribution in [-0.2, 0) is 4.74 Å². The van der Waals surface area contributed by atoms with E-state index in [0.29, 0.717) is 5.56 Å². The third-order valence-corrected chi connectivity index (χ3v) is 3.28. The summed E-state index contributed by atoms with van der Waals surface area (Å²) < 4.78 is 19.5. The first-order valence-corrected chi connectivity index (χ1v) is 6.50. The van der Waals surface area contributed by atoms with Crippen molar-refractivity contribution < 1.29 is 9.13 Å². The molecule has 1 aliphatic heterocycles. The summed E-state index contributed by atoms with van der Waals surface area (Å²) in [6.07, 6.45) is 1.12. The first-order chi connectivity index (χ1) is 8.59. The van der Waals surface area contributed by atoms with E-state index in [1.807, 2.05) is 19.9 Å². The van der Waals surface area contributed by atoms with Crippen LogP contribution in [0.15, 0.2) is 18.2 Å². The highest BCUT2D eigenvalue weighted by atomic mass is 19.1. The van der Waals surface area contributed by atoms with Crippen molar-refractivity contribution in [2.75, 3.05) is 24.6 Å². The van der Waals surface area contributed by atoms with Gasteiger partial charge in [-0.1, -0.05) is 6.07 Å². The van der Waals surface area contributed by atoms with Gasteiger partial charge >= 0.3 is 0 Å². The molecule has 2 rings (SSSR count). The van der Waals surface area contributed by atoms with E-state index < -0.39 is 0 Å². The van der Waals surface area contributed by atoms with E-state index in [9.17, 15) is 4.39 Å². The Balaban J connectivity index is 2.34. The van der Waals surface area contributed by atoms with Gasteiger partial charge in [-0.3, -0.25) is 0 Å². The number of ether oxygens (including phenoxy) is 1. The fraction of sp³-hybridized carbons (Fsp3) is 0.571. The number of halogens is 1. The van der Waals surface area contributed by atoms with E-state index in [0.717, 1.165) is 31.8 Å². The SMILES string of the molecule is CC1CN(c2cccc(F)c2C(C)N)CCCO1. The average Bonchev–Trinajstić information content (AvgIpc) is 2.53. The lowest BCUT2D eigenvalue weighted by atomic mass is 10.0. The summed E-state index contributed by atoms with van der Waals surface area (Å²) in [6.45, 7) is 6.29. The Kier molecular flexibility index (Phi) is 4.19. The second-order valence-electron chi connectivity index (χ2n) is 4.94. The number of rotatable bonds is 2. The van der Waals surface area contributed by atoms with E-state index in [4.69, 9.17) is 10.5 Å². The molecule has 3 nitrogen and oxygen atoms in total. The van der Waals surface area contributed by atoms with Crippen molar-refractivity contribution in [2.45, 2.75) is 32.4 Å². The van der Waals surface area contributed by atoms with Gasteiger partial charge in [-0.05, 0) is 32.4 Å². The molecule has 2 atom stereocenters. The molecule has 2 N–H and O–H groups in total. The van der Waals surface area contributed by atoms with Crippen LogP contribution in [0.5, 0.6) is 0 Å². The maximum Gasteiger partial charge on any atom is 0.130 e. The van der Waals surface area contributed by atoms with Gasteiger partial charge < -0.3 is 15.4 Å². The highest BCUT2D eigenvalue weighted by molar-refractivity contribution is 5.55. The van der Waals surface area contributed by atoms with Crippen LogP contribution in [0.3, 0.4) is 0 Å². The molecule has 2 unspecified atom stereocenters. The summed E-state index contributed by atoms with van der Waals surface area (Å²) in [6, 6.07) is 4.85. The molecule has 100 valence electrons. The molecule has 0 radical (unpaired) electrons. The van der Waals surface area contributed by atoms with E-state index >= 15 is 0 Å². The summed E-state index contributed by atoms with van der Waals surface area (Å²) in [5, 5.41) is 0. The number of nitrogens with zero attached hydrogens (tertiary/aromatic N) is 1. The molecule has 0 aromatic heterocycles. The van der Waals surface area contributed by atoms with Crippen LogP contribution in [0, 0.1) is 5.82 Å². The summed E-state index contributed by atoms with van der Waals surface area (Å²) in [7, 11) is 0. The van der Waals surface area contributed by atoms with Crippen LogP contribution in [-0.4, -0.2) is 25.8 Å². The van der Waals surface area contributed by atoms with Crippen molar-refractivity contribution in [3.63, 3.8) is 0 Å². The first-order valence-electron chi connectivity index (χ1n) is 6.50. The summed E-state index contributed by atoms with van der Waals surface area (Å²) in [4.78, 5) is 2.18. The van der Waals surface area contributed by atoms with Crippen LogP contribution in [0.1, 0.15) is 31.9 Å². The Morgan fingerprint density at radius 3 is 3.00 bits per heavy atom.